The van der Waals surface area contributed by atoms with Gasteiger partial charge in [-0.15, -0.1) is 0 Å². The molecule has 1 rings (SSSR count). The van der Waals surface area contributed by atoms with E-state index in [0.29, 0.717) is 6.42 Å². The Kier molecular flexibility index (Phi) is 4.82. The van der Waals surface area contributed by atoms with Crippen LogP contribution >= 0.6 is 0 Å². The Morgan fingerprint density at radius 2 is 2.12 bits per heavy atom. The first kappa shape index (κ1) is 13.4. The summed E-state index contributed by atoms with van der Waals surface area (Å²) in [6.45, 7) is 3.92. The Hall–Kier alpha value is -1.71. The molecule has 0 aromatic heterocycles. The molecular weight excluding hydrogens is 218 g/mol. The Bertz CT molecular complexity index is 390. The van der Waals surface area contributed by atoms with Crippen molar-refractivity contribution in [2.24, 2.45) is 0 Å². The highest BCUT2D eigenvalue weighted by Gasteiger charge is 2.09. The first-order chi connectivity index (χ1) is 8.06. The predicted octanol–water partition coefficient (Wildman–Crippen LogP) is 2.37. The molecule has 0 aliphatic rings. The lowest BCUT2D eigenvalue weighted by Gasteiger charge is -2.15. The summed E-state index contributed by atoms with van der Waals surface area (Å²) in [6, 6.07) is 5.87. The second kappa shape index (κ2) is 6.13. The van der Waals surface area contributed by atoms with Gasteiger partial charge in [0.2, 0.25) is 0 Å². The highest BCUT2D eigenvalue weighted by atomic mass is 16.5. The van der Waals surface area contributed by atoms with Gasteiger partial charge in [0.25, 0.3) is 0 Å². The fraction of sp³-hybridized carbons (Fsp3) is 0.462. The predicted molar refractivity (Wildman–Crippen MR) is 67.4 cm³/mol. The number of carbonyl (C=O) groups is 1. The van der Waals surface area contributed by atoms with Crippen molar-refractivity contribution in [2.45, 2.75) is 26.3 Å². The average molecular weight is 237 g/mol. The SMILES string of the molecule is COC(=O)CC(C)Nc1ccc(OC)c(C)c1. The number of hydrogen-bond donors (Lipinski definition) is 1. The number of aryl methyl sites for hydroxylation is 1. The van der Waals surface area contributed by atoms with Gasteiger partial charge in [-0.2, -0.15) is 0 Å². The van der Waals surface area contributed by atoms with E-state index in [-0.39, 0.29) is 12.0 Å². The van der Waals surface area contributed by atoms with Gasteiger partial charge in [-0.3, -0.25) is 4.79 Å². The maximum atomic E-state index is 11.1. The van der Waals surface area contributed by atoms with Crippen LogP contribution in [0.5, 0.6) is 5.75 Å². The fourth-order valence-corrected chi connectivity index (χ4v) is 1.64. The average Bonchev–Trinajstić information content (AvgIpc) is 2.29. The number of ether oxygens (including phenoxy) is 2. The van der Waals surface area contributed by atoms with E-state index in [1.54, 1.807) is 7.11 Å². The monoisotopic (exact) mass is 237 g/mol. The highest BCUT2D eigenvalue weighted by molar-refractivity contribution is 5.70. The molecule has 0 bridgehead atoms. The number of rotatable bonds is 5. The molecule has 0 radical (unpaired) electrons. The van der Waals surface area contributed by atoms with Gasteiger partial charge < -0.3 is 14.8 Å². The summed E-state index contributed by atoms with van der Waals surface area (Å²) < 4.78 is 9.80. The number of esters is 1. The molecule has 0 aliphatic carbocycles. The lowest BCUT2D eigenvalue weighted by molar-refractivity contribution is -0.140. The standard InChI is InChI=1S/C13H19NO3/c1-9-7-11(5-6-12(9)16-3)14-10(2)8-13(15)17-4/h5-7,10,14H,8H2,1-4H3. The molecule has 0 saturated heterocycles. The zero-order valence-electron chi connectivity index (χ0n) is 10.7. The molecular formula is C13H19NO3. The maximum Gasteiger partial charge on any atom is 0.307 e. The molecule has 1 aromatic rings. The topological polar surface area (TPSA) is 47.6 Å². The summed E-state index contributed by atoms with van der Waals surface area (Å²) in [6.07, 6.45) is 0.349. The summed E-state index contributed by atoms with van der Waals surface area (Å²) >= 11 is 0. The first-order valence-corrected chi connectivity index (χ1v) is 5.54. The van der Waals surface area contributed by atoms with Crippen LogP contribution < -0.4 is 10.1 Å². The normalized spacial score (nSPS) is 11.8. The smallest absolute Gasteiger partial charge is 0.307 e. The molecule has 0 amide bonds. The van der Waals surface area contributed by atoms with Crippen molar-refractivity contribution in [3.05, 3.63) is 23.8 Å². The minimum absolute atomic E-state index is 0.0373. The molecule has 0 heterocycles. The van der Waals surface area contributed by atoms with Gasteiger partial charge in [-0.05, 0) is 37.6 Å². The Labute approximate surface area is 102 Å². The third-order valence-electron chi connectivity index (χ3n) is 2.51. The Morgan fingerprint density at radius 1 is 1.41 bits per heavy atom. The van der Waals surface area contributed by atoms with Crippen LogP contribution in [-0.2, 0) is 9.53 Å². The highest BCUT2D eigenvalue weighted by Crippen LogP contribution is 2.22. The first-order valence-electron chi connectivity index (χ1n) is 5.54. The second-order valence-electron chi connectivity index (χ2n) is 4.01. The zero-order valence-corrected chi connectivity index (χ0v) is 10.7. The van der Waals surface area contributed by atoms with Gasteiger partial charge >= 0.3 is 5.97 Å². The van der Waals surface area contributed by atoms with E-state index in [1.807, 2.05) is 32.0 Å². The van der Waals surface area contributed by atoms with E-state index < -0.39 is 0 Å². The summed E-state index contributed by atoms with van der Waals surface area (Å²) in [7, 11) is 3.04. The number of benzene rings is 1. The lowest BCUT2D eigenvalue weighted by atomic mass is 10.1. The number of anilines is 1. The molecule has 0 fully saturated rings. The van der Waals surface area contributed by atoms with Gasteiger partial charge in [-0.1, -0.05) is 0 Å². The van der Waals surface area contributed by atoms with Crippen LogP contribution in [-0.4, -0.2) is 26.2 Å². The van der Waals surface area contributed by atoms with Crippen LogP contribution in [0.3, 0.4) is 0 Å². The van der Waals surface area contributed by atoms with E-state index >= 15 is 0 Å². The van der Waals surface area contributed by atoms with Crippen molar-refractivity contribution in [1.29, 1.82) is 0 Å². The van der Waals surface area contributed by atoms with Crippen LogP contribution in [0, 0.1) is 6.92 Å². The Balaban J connectivity index is 2.62. The van der Waals surface area contributed by atoms with E-state index in [0.717, 1.165) is 17.0 Å². The van der Waals surface area contributed by atoms with Crippen molar-refractivity contribution in [2.75, 3.05) is 19.5 Å². The zero-order chi connectivity index (χ0) is 12.8. The number of nitrogens with one attached hydrogen (secondary N) is 1. The molecule has 1 N–H and O–H groups in total. The summed E-state index contributed by atoms with van der Waals surface area (Å²) in [5.74, 6) is 0.645. The maximum absolute atomic E-state index is 11.1. The van der Waals surface area contributed by atoms with Crippen molar-refractivity contribution in [3.8, 4) is 5.75 Å². The van der Waals surface area contributed by atoms with E-state index in [9.17, 15) is 4.79 Å². The third kappa shape index (κ3) is 3.98. The second-order valence-corrected chi connectivity index (χ2v) is 4.01. The van der Waals surface area contributed by atoms with Gasteiger partial charge in [0.15, 0.2) is 0 Å². The number of methoxy groups -OCH3 is 2. The van der Waals surface area contributed by atoms with Crippen molar-refractivity contribution >= 4 is 11.7 Å². The van der Waals surface area contributed by atoms with Crippen LogP contribution in [0.2, 0.25) is 0 Å². The van der Waals surface area contributed by atoms with Crippen molar-refractivity contribution in [1.82, 2.24) is 0 Å². The molecule has 17 heavy (non-hydrogen) atoms. The molecule has 0 aliphatic heterocycles. The molecule has 0 spiro atoms. The van der Waals surface area contributed by atoms with Gasteiger partial charge in [-0.25, -0.2) is 0 Å². The third-order valence-corrected chi connectivity index (χ3v) is 2.51. The molecule has 4 nitrogen and oxygen atoms in total. The minimum atomic E-state index is -0.213. The van der Waals surface area contributed by atoms with Crippen LogP contribution in [0.4, 0.5) is 5.69 Å². The molecule has 94 valence electrons. The van der Waals surface area contributed by atoms with Crippen LogP contribution in [0.25, 0.3) is 0 Å². The van der Waals surface area contributed by atoms with Gasteiger partial charge in [0.1, 0.15) is 5.75 Å². The summed E-state index contributed by atoms with van der Waals surface area (Å²) in [4.78, 5) is 11.1. The van der Waals surface area contributed by atoms with Crippen LogP contribution in [0.1, 0.15) is 18.9 Å². The van der Waals surface area contributed by atoms with E-state index in [2.05, 4.69) is 10.1 Å². The van der Waals surface area contributed by atoms with Gasteiger partial charge in [0, 0.05) is 11.7 Å². The number of hydrogen-bond acceptors (Lipinski definition) is 4. The van der Waals surface area contributed by atoms with Crippen LogP contribution in [0.15, 0.2) is 18.2 Å². The number of carbonyl (C=O) groups excluding carboxylic acids is 1. The molecule has 1 aromatic carbocycles. The Morgan fingerprint density at radius 3 is 2.65 bits per heavy atom. The lowest BCUT2D eigenvalue weighted by Crippen LogP contribution is -2.20. The molecule has 1 unspecified atom stereocenters. The molecule has 0 saturated carbocycles. The van der Waals surface area contributed by atoms with Crippen molar-refractivity contribution in [3.63, 3.8) is 0 Å². The molecule has 1 atom stereocenters. The summed E-state index contributed by atoms with van der Waals surface area (Å²) in [5.41, 5.74) is 2.03. The van der Waals surface area contributed by atoms with Crippen molar-refractivity contribution < 1.29 is 14.3 Å². The van der Waals surface area contributed by atoms with Gasteiger partial charge in [0.05, 0.1) is 20.6 Å². The quantitative estimate of drug-likeness (QED) is 0.799. The van der Waals surface area contributed by atoms with E-state index in [4.69, 9.17) is 4.74 Å². The van der Waals surface area contributed by atoms with E-state index in [1.165, 1.54) is 7.11 Å². The largest absolute Gasteiger partial charge is 0.496 e. The summed E-state index contributed by atoms with van der Waals surface area (Å²) in [5, 5.41) is 3.24. The fourth-order valence-electron chi connectivity index (χ4n) is 1.64. The molecule has 4 heteroatoms. The minimum Gasteiger partial charge on any atom is -0.496 e.